The van der Waals surface area contributed by atoms with Gasteiger partial charge in [0.1, 0.15) is 70.0 Å². The van der Waals surface area contributed by atoms with E-state index in [0.29, 0.717) is 26.9 Å². The van der Waals surface area contributed by atoms with Gasteiger partial charge in [-0.1, -0.05) is 0 Å². The van der Waals surface area contributed by atoms with E-state index in [1.165, 1.54) is 50.2 Å². The van der Waals surface area contributed by atoms with Gasteiger partial charge in [-0.3, -0.25) is 14.6 Å². The molecule has 0 aliphatic rings. The van der Waals surface area contributed by atoms with Gasteiger partial charge in [0.2, 0.25) is 5.89 Å². The zero-order chi connectivity index (χ0) is 72.8. The van der Waals surface area contributed by atoms with Crippen LogP contribution in [-0.4, -0.2) is 132 Å². The predicted octanol–water partition coefficient (Wildman–Crippen LogP) is 16.2. The molecule has 0 aliphatic carbocycles. The number of benzene rings is 2. The summed E-state index contributed by atoms with van der Waals surface area (Å²) in [6.07, 6.45) is -8.95. The third-order valence-electron chi connectivity index (χ3n) is 11.3. The molecule has 5 aromatic rings. The molecule has 3 heterocycles. The summed E-state index contributed by atoms with van der Waals surface area (Å²) >= 11 is 8.66. The van der Waals surface area contributed by atoms with Crippen LogP contribution in [0.4, 0.5) is 35.9 Å². The third kappa shape index (κ3) is 31.9. The molecule has 1 unspecified atom stereocenters. The monoisotopic (exact) mass is 1750 g/mol. The van der Waals surface area contributed by atoms with Gasteiger partial charge >= 0.3 is 107 Å². The molecule has 2 aromatic carbocycles. The maximum absolute atomic E-state index is 13.4. The average Bonchev–Trinajstić information content (AvgIpc) is 1.74. The molecule has 0 saturated heterocycles. The molecule has 2 amide bonds. The molecule has 0 radical (unpaired) electrons. The van der Waals surface area contributed by atoms with Gasteiger partial charge in [-0.15, -0.1) is 11.8 Å². The van der Waals surface area contributed by atoms with Crippen molar-refractivity contribution in [3.05, 3.63) is 76.9 Å². The van der Waals surface area contributed by atoms with Gasteiger partial charge < -0.3 is 52.9 Å². The number of esters is 3. The van der Waals surface area contributed by atoms with Crippen molar-refractivity contribution in [3.8, 4) is 23.0 Å². The van der Waals surface area contributed by atoms with Crippen molar-refractivity contribution in [1.29, 1.82) is 0 Å². The molecule has 22 nitrogen and oxygen atoms in total. The number of aromatic nitrogens is 3. The van der Waals surface area contributed by atoms with E-state index in [1.807, 2.05) is 41.5 Å². The van der Waals surface area contributed by atoms with Crippen molar-refractivity contribution in [2.75, 3.05) is 53.4 Å². The first kappa shape index (κ1) is 86.5. The summed E-state index contributed by atoms with van der Waals surface area (Å²) in [5.41, 5.74) is -4.24. The van der Waals surface area contributed by atoms with Crippen molar-refractivity contribution < 1.29 is 107 Å². The van der Waals surface area contributed by atoms with Gasteiger partial charge in [-0.05, 0) is 172 Å². The van der Waals surface area contributed by atoms with Crippen LogP contribution in [0.1, 0.15) is 152 Å². The summed E-state index contributed by atoms with van der Waals surface area (Å²) in [6.45, 7) is 29.6. The number of methoxy groups -OCH3 is 2. The zero-order valence-electron chi connectivity index (χ0n) is 56.6. The molecule has 5 rings (SSSR count). The molecule has 0 bridgehead atoms. The molecular formula is C62H84F6I3N6O16SV. The second kappa shape index (κ2) is 38.1. The summed E-state index contributed by atoms with van der Waals surface area (Å²) in [7, 11) is 2.70. The van der Waals surface area contributed by atoms with Crippen LogP contribution in [0.2, 0.25) is 0 Å². The van der Waals surface area contributed by atoms with E-state index in [4.69, 9.17) is 52.1 Å². The number of carbonyl (C=O) groups excluding carboxylic acids is 5. The fourth-order valence-electron chi connectivity index (χ4n) is 7.27. The first-order valence-electron chi connectivity index (χ1n) is 29.0. The number of fused-ring (bicyclic) bond motifs is 2. The second-order valence-electron chi connectivity index (χ2n) is 24.8. The number of alkyl halides is 6. The van der Waals surface area contributed by atoms with Gasteiger partial charge in [-0.2, -0.15) is 26.3 Å². The SMILES string of the molecule is CC(C)(C)OC[C@H](NC(=O)OC(C)(C)C)C(=O)OC(=O)C(C)(C)C.CCOC(=O)CN=C(SC)c1ccc(OC)c2nc(C(F)(F)F)ccc12.CCOOCc1nc(-c2ccc(OC)c3nc(C(F)(F)F)ccc23)oc1C(COC(C)(C)C)NC(=O)OC(C)(C)C.[I][V]([I])[I]. The first-order chi connectivity index (χ1) is 43.6. The number of thioether (sulfide) groups is 1. The van der Waals surface area contributed by atoms with E-state index in [9.17, 15) is 50.3 Å². The first-order valence-corrected chi connectivity index (χ1v) is 43.7. The van der Waals surface area contributed by atoms with Crippen molar-refractivity contribution in [1.82, 2.24) is 25.6 Å². The molecule has 2 N–H and O–H groups in total. The number of nitrogens with one attached hydrogen (secondary N) is 2. The number of alkyl carbamates (subject to hydrolysis) is 2. The van der Waals surface area contributed by atoms with Crippen LogP contribution >= 0.6 is 71.7 Å². The molecule has 0 saturated carbocycles. The van der Waals surface area contributed by atoms with Crippen LogP contribution in [0.15, 0.2) is 57.9 Å². The van der Waals surface area contributed by atoms with E-state index >= 15 is 0 Å². The quantitative estimate of drug-likeness (QED) is 0.00743. The van der Waals surface area contributed by atoms with Gasteiger partial charge in [0.15, 0.2) is 11.8 Å². The number of ether oxygens (including phenoxy) is 8. The molecule has 0 spiro atoms. The number of carbonyl (C=O) groups is 5. The number of nitrogens with zero attached hydrogens (tertiary/aromatic N) is 4. The maximum atomic E-state index is 13.4. The van der Waals surface area contributed by atoms with Crippen LogP contribution in [0, 0.1) is 5.41 Å². The minimum absolute atomic E-state index is 0.0150. The number of aliphatic imine (C=N–C) groups is 1. The number of oxazole rings is 1. The molecule has 33 heteroatoms. The van der Waals surface area contributed by atoms with Crippen molar-refractivity contribution in [2.24, 2.45) is 10.4 Å². The number of amides is 2. The zero-order valence-corrected chi connectivity index (χ0v) is 65.3. The molecule has 3 aromatic heterocycles. The number of halogens is 9. The third-order valence-corrected chi connectivity index (χ3v) is 12.0. The Morgan fingerprint density at radius 3 is 1.57 bits per heavy atom. The van der Waals surface area contributed by atoms with Crippen LogP contribution in [0.3, 0.4) is 0 Å². The van der Waals surface area contributed by atoms with Crippen molar-refractivity contribution in [2.45, 2.75) is 171 Å². The Morgan fingerprint density at radius 1 is 0.632 bits per heavy atom. The van der Waals surface area contributed by atoms with E-state index in [1.54, 1.807) is 94.5 Å². The fourth-order valence-corrected chi connectivity index (χ4v) is 7.87. The number of hydrogen-bond donors (Lipinski definition) is 2. The van der Waals surface area contributed by atoms with Crippen LogP contribution in [0.5, 0.6) is 11.5 Å². The van der Waals surface area contributed by atoms with E-state index in [0.717, 1.165) is 12.1 Å². The number of pyridine rings is 2. The number of hydrogen-bond acceptors (Lipinski definition) is 21. The van der Waals surface area contributed by atoms with Crippen LogP contribution in [-0.2, 0) is 76.5 Å². The topological polar surface area (TPSA) is 266 Å². The second-order valence-corrected chi connectivity index (χ2v) is 61.0. The normalized spacial score (nSPS) is 13.0. The van der Waals surface area contributed by atoms with Crippen molar-refractivity contribution >= 4 is 129 Å². The standard InChI is InChI=1S/C28H36F3N3O7.C17H17F3N2O3S.C17H31NO6.3HI.V/c1-9-38-39-15-19-23(18(14-37-26(2,3)4)33-25(35)41-27(5,6)7)40-24(32-19)17-10-12-20(36-8)22-16(17)11-13-21(34-22)28(29,30)31;1-4-25-14(23)9-21-16(26-3)11-5-7-12(24-2)15-10(11)6-8-13(22-15)17(18,19)20;1-15(2,3)13(20)23-12(19)11(10-22-16(4,5)6)18-14(21)24-17(7,8)9;;;;/h10-13,18H,9,14-15H2,1-8H3,(H,33,35);5-8H,4,9H2,1-3H3;11H,10H2,1-9H3,(H,18,21);3*1H;/q;;;;;;+3/p-3/t;;11-;;;;/m..0..../s1. The summed E-state index contributed by atoms with van der Waals surface area (Å²) in [5, 5.41) is 6.41. The number of rotatable bonds is 19. The van der Waals surface area contributed by atoms with Gasteiger partial charge in [0.05, 0.1) is 62.3 Å². The molecule has 0 aliphatic heterocycles. The average molecular weight is 1750 g/mol. The predicted molar refractivity (Wildman–Crippen MR) is 369 cm³/mol. The Balaban J connectivity index is 0.000000494. The molecule has 2 atom stereocenters. The van der Waals surface area contributed by atoms with E-state index < -0.39 is 93.7 Å². The van der Waals surface area contributed by atoms with Crippen LogP contribution < -0.4 is 20.1 Å². The fraction of sp³-hybridized carbons (Fsp3) is 0.565. The molecule has 532 valence electrons. The molecule has 0 fully saturated rings. The van der Waals surface area contributed by atoms with Crippen molar-refractivity contribution in [3.63, 3.8) is 0 Å². The Hall–Kier alpha value is -4.57. The van der Waals surface area contributed by atoms with Gasteiger partial charge in [-0.25, -0.2) is 39.1 Å². The van der Waals surface area contributed by atoms with Gasteiger partial charge in [0, 0.05) is 21.9 Å². The minimum atomic E-state index is -4.65. The Kier molecular flexibility index (Phi) is 34.7. The van der Waals surface area contributed by atoms with E-state index in [-0.39, 0.29) is 84.4 Å². The van der Waals surface area contributed by atoms with E-state index in [2.05, 4.69) is 90.5 Å². The Bertz CT molecular complexity index is 3380. The molecule has 95 heavy (non-hydrogen) atoms. The van der Waals surface area contributed by atoms with Crippen LogP contribution in [0.25, 0.3) is 33.3 Å². The summed E-state index contributed by atoms with van der Waals surface area (Å²) in [4.78, 5) is 86.6. The summed E-state index contributed by atoms with van der Waals surface area (Å²) < 4.78 is 127. The Morgan fingerprint density at radius 2 is 1.12 bits per heavy atom. The Labute approximate surface area is 591 Å². The summed E-state index contributed by atoms with van der Waals surface area (Å²) in [6, 6.07) is 8.66. The van der Waals surface area contributed by atoms with Gasteiger partial charge in [0.25, 0.3) is 0 Å². The molecular weight excluding hydrogens is 1660 g/mol. The summed E-state index contributed by atoms with van der Waals surface area (Å²) in [5.74, 6) is -1.43.